The highest BCUT2D eigenvalue weighted by Crippen LogP contribution is 2.62. The van der Waals surface area contributed by atoms with E-state index in [-0.39, 0.29) is 29.9 Å². The topological polar surface area (TPSA) is 114 Å². The molecule has 1 aromatic rings. The van der Waals surface area contributed by atoms with Crippen LogP contribution in [0.3, 0.4) is 0 Å². The number of amides is 3. The molecular weight excluding hydrogens is 434 g/mol. The van der Waals surface area contributed by atoms with Crippen molar-refractivity contribution in [3.63, 3.8) is 0 Å². The monoisotopic (exact) mass is 469 g/mol. The van der Waals surface area contributed by atoms with E-state index in [1.165, 1.54) is 13.8 Å². The molecule has 3 N–H and O–H groups in total. The molecule has 3 atom stereocenters. The average molecular weight is 470 g/mol. The summed E-state index contributed by atoms with van der Waals surface area (Å²) in [5.41, 5.74) is 1.62. The zero-order chi connectivity index (χ0) is 24.7. The van der Waals surface area contributed by atoms with Gasteiger partial charge in [0, 0.05) is 18.2 Å². The SMILES string of the molecule is CC(=O)NC12CC3CC(C1)CC(C(=O)OC(C)C(=O)NCC(=O)Nc1c(C)cccc1C)(C3)C2. The molecule has 4 bridgehead atoms. The fourth-order valence-corrected chi connectivity index (χ4v) is 6.87. The van der Waals surface area contributed by atoms with Crippen molar-refractivity contribution < 1.29 is 23.9 Å². The van der Waals surface area contributed by atoms with Crippen LogP contribution in [0.2, 0.25) is 0 Å². The van der Waals surface area contributed by atoms with E-state index in [4.69, 9.17) is 4.74 Å². The number of carbonyl (C=O) groups excluding carboxylic acids is 4. The Bertz CT molecular complexity index is 985. The van der Waals surface area contributed by atoms with Gasteiger partial charge in [-0.3, -0.25) is 19.2 Å². The Hall–Kier alpha value is -2.90. The summed E-state index contributed by atoms with van der Waals surface area (Å²) in [7, 11) is 0. The summed E-state index contributed by atoms with van der Waals surface area (Å²) in [4.78, 5) is 50.1. The molecular formula is C26H35N3O5. The molecule has 0 saturated heterocycles. The average Bonchev–Trinajstić information content (AvgIpc) is 2.72. The highest BCUT2D eigenvalue weighted by Gasteiger charge is 2.61. The molecule has 4 aliphatic rings. The normalized spacial score (nSPS) is 29.8. The van der Waals surface area contributed by atoms with Crippen LogP contribution < -0.4 is 16.0 Å². The van der Waals surface area contributed by atoms with Gasteiger partial charge in [-0.2, -0.15) is 0 Å². The van der Waals surface area contributed by atoms with Gasteiger partial charge in [0.25, 0.3) is 5.91 Å². The first-order chi connectivity index (χ1) is 16.0. The Kier molecular flexibility index (Phi) is 6.44. The van der Waals surface area contributed by atoms with E-state index in [0.717, 1.165) is 48.9 Å². The molecule has 0 heterocycles. The molecule has 0 aromatic heterocycles. The number of ether oxygens (including phenoxy) is 1. The van der Waals surface area contributed by atoms with Gasteiger partial charge in [-0.05, 0) is 82.3 Å². The van der Waals surface area contributed by atoms with Crippen molar-refractivity contribution in [1.82, 2.24) is 10.6 Å². The van der Waals surface area contributed by atoms with Crippen molar-refractivity contribution in [3.05, 3.63) is 29.3 Å². The van der Waals surface area contributed by atoms with E-state index in [1.807, 2.05) is 32.0 Å². The predicted molar refractivity (Wildman–Crippen MR) is 127 cm³/mol. The Balaban J connectivity index is 1.33. The molecule has 5 rings (SSSR count). The fraction of sp³-hybridized carbons (Fsp3) is 0.615. The summed E-state index contributed by atoms with van der Waals surface area (Å²) in [6.07, 6.45) is 3.95. The zero-order valence-electron chi connectivity index (χ0n) is 20.5. The number of para-hydroxylation sites is 1. The minimum absolute atomic E-state index is 0.0719. The Morgan fingerprint density at radius 2 is 1.68 bits per heavy atom. The van der Waals surface area contributed by atoms with Gasteiger partial charge < -0.3 is 20.7 Å². The minimum atomic E-state index is -1.01. The van der Waals surface area contributed by atoms with E-state index in [2.05, 4.69) is 16.0 Å². The van der Waals surface area contributed by atoms with Crippen LogP contribution in [0, 0.1) is 31.1 Å². The number of hydrogen-bond acceptors (Lipinski definition) is 5. The van der Waals surface area contributed by atoms with Gasteiger partial charge >= 0.3 is 5.97 Å². The second-order valence-corrected chi connectivity index (χ2v) is 10.8. The van der Waals surface area contributed by atoms with Gasteiger partial charge in [-0.25, -0.2) is 0 Å². The first-order valence-corrected chi connectivity index (χ1v) is 12.1. The van der Waals surface area contributed by atoms with Crippen molar-refractivity contribution in [2.24, 2.45) is 17.3 Å². The Labute approximate surface area is 200 Å². The smallest absolute Gasteiger partial charge is 0.312 e. The molecule has 4 aliphatic carbocycles. The molecule has 184 valence electrons. The lowest BCUT2D eigenvalue weighted by Gasteiger charge is -2.60. The number of carbonyl (C=O) groups is 4. The van der Waals surface area contributed by atoms with Gasteiger partial charge in [-0.15, -0.1) is 0 Å². The second kappa shape index (κ2) is 9.04. The first-order valence-electron chi connectivity index (χ1n) is 12.1. The molecule has 8 heteroatoms. The van der Waals surface area contributed by atoms with Gasteiger partial charge in [0.15, 0.2) is 6.10 Å². The van der Waals surface area contributed by atoms with E-state index < -0.39 is 17.4 Å². The van der Waals surface area contributed by atoms with Crippen LogP contribution in [0.5, 0.6) is 0 Å². The molecule has 8 nitrogen and oxygen atoms in total. The third kappa shape index (κ3) is 4.81. The summed E-state index contributed by atoms with van der Waals surface area (Å²) in [5.74, 6) is -0.512. The maximum atomic E-state index is 13.3. The van der Waals surface area contributed by atoms with Gasteiger partial charge in [0.2, 0.25) is 11.8 Å². The lowest BCUT2D eigenvalue weighted by atomic mass is 9.47. The van der Waals surface area contributed by atoms with Crippen molar-refractivity contribution in [3.8, 4) is 0 Å². The molecule has 4 saturated carbocycles. The number of hydrogen-bond donors (Lipinski definition) is 3. The van der Waals surface area contributed by atoms with Gasteiger partial charge in [0.1, 0.15) is 0 Å². The molecule has 0 radical (unpaired) electrons. The lowest BCUT2D eigenvalue weighted by Crippen LogP contribution is -2.65. The highest BCUT2D eigenvalue weighted by atomic mass is 16.5. The van der Waals surface area contributed by atoms with Gasteiger partial charge in [-0.1, -0.05) is 18.2 Å². The van der Waals surface area contributed by atoms with Crippen LogP contribution in [0.15, 0.2) is 18.2 Å². The molecule has 34 heavy (non-hydrogen) atoms. The first kappa shape index (κ1) is 24.2. The van der Waals surface area contributed by atoms with Crippen LogP contribution >= 0.6 is 0 Å². The summed E-state index contributed by atoms with van der Waals surface area (Å²) < 4.78 is 5.64. The van der Waals surface area contributed by atoms with Crippen LogP contribution in [-0.4, -0.2) is 41.9 Å². The van der Waals surface area contributed by atoms with Crippen LogP contribution in [0.25, 0.3) is 0 Å². The number of benzene rings is 1. The summed E-state index contributed by atoms with van der Waals surface area (Å²) in [6.45, 7) is 6.65. The Morgan fingerprint density at radius 1 is 1.06 bits per heavy atom. The van der Waals surface area contributed by atoms with E-state index in [1.54, 1.807) is 0 Å². The van der Waals surface area contributed by atoms with E-state index in [9.17, 15) is 19.2 Å². The number of nitrogens with one attached hydrogen (secondary N) is 3. The summed E-state index contributed by atoms with van der Waals surface area (Å²) >= 11 is 0. The minimum Gasteiger partial charge on any atom is -0.452 e. The molecule has 3 unspecified atom stereocenters. The standard InChI is InChI=1S/C26H35N3O5/c1-15-6-5-7-16(2)22(15)28-21(31)13-27-23(32)17(3)34-24(33)25-9-19-8-20(10-25)12-26(11-19,14-25)29-18(4)30/h5-7,17,19-20H,8-14H2,1-4H3,(H,27,32)(H,28,31)(H,29,30). The Morgan fingerprint density at radius 3 is 2.26 bits per heavy atom. The van der Waals surface area contributed by atoms with Crippen molar-refractivity contribution in [2.45, 2.75) is 77.9 Å². The van der Waals surface area contributed by atoms with Crippen LogP contribution in [0.4, 0.5) is 5.69 Å². The second-order valence-electron chi connectivity index (χ2n) is 10.8. The number of anilines is 1. The summed E-state index contributed by atoms with van der Waals surface area (Å²) in [6, 6.07) is 5.73. The van der Waals surface area contributed by atoms with Crippen LogP contribution in [-0.2, 0) is 23.9 Å². The molecule has 1 aromatic carbocycles. The van der Waals surface area contributed by atoms with Crippen molar-refractivity contribution in [2.75, 3.05) is 11.9 Å². The zero-order valence-corrected chi connectivity index (χ0v) is 20.5. The fourth-order valence-electron chi connectivity index (χ4n) is 6.87. The highest BCUT2D eigenvalue weighted by molar-refractivity contribution is 5.96. The van der Waals surface area contributed by atoms with E-state index >= 15 is 0 Å². The lowest BCUT2D eigenvalue weighted by molar-refractivity contribution is -0.182. The number of aryl methyl sites for hydroxylation is 2. The van der Waals surface area contributed by atoms with Gasteiger partial charge in [0.05, 0.1) is 12.0 Å². The predicted octanol–water partition coefficient (Wildman–Crippen LogP) is 2.76. The number of esters is 1. The molecule has 3 amide bonds. The van der Waals surface area contributed by atoms with Crippen molar-refractivity contribution in [1.29, 1.82) is 0 Å². The quantitative estimate of drug-likeness (QED) is 0.532. The molecule has 0 aliphatic heterocycles. The summed E-state index contributed by atoms with van der Waals surface area (Å²) in [5, 5.41) is 8.53. The maximum absolute atomic E-state index is 13.3. The third-order valence-electron chi connectivity index (χ3n) is 7.76. The van der Waals surface area contributed by atoms with E-state index in [0.29, 0.717) is 18.3 Å². The molecule has 0 spiro atoms. The van der Waals surface area contributed by atoms with Crippen LogP contribution in [0.1, 0.15) is 63.5 Å². The van der Waals surface area contributed by atoms with Crippen molar-refractivity contribution >= 4 is 29.4 Å². The number of rotatable bonds is 7. The molecule has 4 fully saturated rings. The third-order valence-corrected chi connectivity index (χ3v) is 7.76. The maximum Gasteiger partial charge on any atom is 0.312 e. The largest absolute Gasteiger partial charge is 0.452 e.